The third-order valence-corrected chi connectivity index (χ3v) is 4.26. The molecule has 108 valence electrons. The van der Waals surface area contributed by atoms with Gasteiger partial charge in [-0.15, -0.1) is 0 Å². The van der Waals surface area contributed by atoms with Gasteiger partial charge in [0.2, 0.25) is 10.0 Å². The number of rotatable bonds is 7. The Hall–Kier alpha value is -0.980. The Morgan fingerprint density at radius 2 is 2.05 bits per heavy atom. The normalized spacial score (nSPS) is 13.7. The second-order valence-electron chi connectivity index (χ2n) is 4.80. The molecule has 0 amide bonds. The maximum absolute atomic E-state index is 13.1. The number of methoxy groups -OCH3 is 1. The molecule has 4 nitrogen and oxygen atoms in total. The maximum atomic E-state index is 13.1. The van der Waals surface area contributed by atoms with E-state index in [4.69, 9.17) is 4.74 Å². The van der Waals surface area contributed by atoms with Gasteiger partial charge in [-0.3, -0.25) is 0 Å². The SMILES string of the molecule is CO[C@H](CNS(=O)(=O)CC(C)C)c1cccc(F)c1. The average molecular weight is 289 g/mol. The van der Waals surface area contributed by atoms with Gasteiger partial charge in [-0.05, 0) is 23.6 Å². The summed E-state index contributed by atoms with van der Waals surface area (Å²) < 4.78 is 44.2. The first-order valence-electron chi connectivity index (χ1n) is 6.09. The van der Waals surface area contributed by atoms with Gasteiger partial charge in [0.15, 0.2) is 0 Å². The van der Waals surface area contributed by atoms with Crippen LogP contribution in [0.4, 0.5) is 4.39 Å². The molecule has 0 radical (unpaired) electrons. The molecule has 0 fully saturated rings. The molecule has 0 bridgehead atoms. The molecule has 0 heterocycles. The Morgan fingerprint density at radius 3 is 2.58 bits per heavy atom. The zero-order chi connectivity index (χ0) is 14.5. The van der Waals surface area contributed by atoms with Crippen molar-refractivity contribution in [1.29, 1.82) is 0 Å². The standard InChI is InChI=1S/C13H20FNO3S/c1-10(2)9-19(16,17)15-8-13(18-3)11-5-4-6-12(14)7-11/h4-7,10,13,15H,8-9H2,1-3H3/t13-/m1/s1. The highest BCUT2D eigenvalue weighted by Crippen LogP contribution is 2.17. The van der Waals surface area contributed by atoms with Crippen LogP contribution in [-0.4, -0.2) is 27.8 Å². The number of halogens is 1. The van der Waals surface area contributed by atoms with Crippen molar-refractivity contribution < 1.29 is 17.5 Å². The predicted molar refractivity (Wildman–Crippen MR) is 72.8 cm³/mol. The Balaban J connectivity index is 2.68. The van der Waals surface area contributed by atoms with Gasteiger partial charge in [0.25, 0.3) is 0 Å². The zero-order valence-electron chi connectivity index (χ0n) is 11.4. The van der Waals surface area contributed by atoms with E-state index in [9.17, 15) is 12.8 Å². The molecule has 0 saturated carbocycles. The van der Waals surface area contributed by atoms with Crippen molar-refractivity contribution in [1.82, 2.24) is 4.72 Å². The van der Waals surface area contributed by atoms with E-state index in [2.05, 4.69) is 4.72 Å². The monoisotopic (exact) mass is 289 g/mol. The predicted octanol–water partition coefficient (Wildman–Crippen LogP) is 2.09. The van der Waals surface area contributed by atoms with Crippen LogP contribution in [0.1, 0.15) is 25.5 Å². The van der Waals surface area contributed by atoms with Crippen LogP contribution in [-0.2, 0) is 14.8 Å². The van der Waals surface area contributed by atoms with Gasteiger partial charge in [0.1, 0.15) is 5.82 Å². The lowest BCUT2D eigenvalue weighted by Crippen LogP contribution is -2.32. The highest BCUT2D eigenvalue weighted by atomic mass is 32.2. The molecule has 0 saturated heterocycles. The molecule has 19 heavy (non-hydrogen) atoms. The van der Waals surface area contributed by atoms with Crippen LogP contribution in [0.3, 0.4) is 0 Å². The van der Waals surface area contributed by atoms with Crippen LogP contribution < -0.4 is 4.72 Å². The molecule has 0 spiro atoms. The first kappa shape index (κ1) is 16.1. The molecule has 1 aromatic carbocycles. The molecule has 0 unspecified atom stereocenters. The highest BCUT2D eigenvalue weighted by Gasteiger charge is 2.17. The molecular formula is C13H20FNO3S. The van der Waals surface area contributed by atoms with Gasteiger partial charge >= 0.3 is 0 Å². The topological polar surface area (TPSA) is 55.4 Å². The fourth-order valence-corrected chi connectivity index (χ4v) is 3.15. The van der Waals surface area contributed by atoms with E-state index in [1.165, 1.54) is 19.2 Å². The smallest absolute Gasteiger partial charge is 0.211 e. The van der Waals surface area contributed by atoms with Crippen LogP contribution in [0.25, 0.3) is 0 Å². The summed E-state index contributed by atoms with van der Waals surface area (Å²) in [5, 5.41) is 0. The molecule has 1 N–H and O–H groups in total. The minimum atomic E-state index is -3.33. The summed E-state index contributed by atoms with van der Waals surface area (Å²) in [5.74, 6) is -0.260. The Bertz CT molecular complexity index is 502. The van der Waals surface area contributed by atoms with Crippen LogP contribution in [0.2, 0.25) is 0 Å². The first-order valence-corrected chi connectivity index (χ1v) is 7.75. The second kappa shape index (κ2) is 6.98. The van der Waals surface area contributed by atoms with Crippen molar-refractivity contribution in [3.8, 4) is 0 Å². The minimum absolute atomic E-state index is 0.0488. The Kier molecular flexibility index (Phi) is 5.90. The number of benzene rings is 1. The molecule has 6 heteroatoms. The van der Waals surface area contributed by atoms with Crippen molar-refractivity contribution in [3.05, 3.63) is 35.6 Å². The number of nitrogens with one attached hydrogen (secondary N) is 1. The largest absolute Gasteiger partial charge is 0.375 e. The van der Waals surface area contributed by atoms with E-state index in [1.54, 1.807) is 12.1 Å². The Labute approximate surface area is 114 Å². The first-order chi connectivity index (χ1) is 8.84. The fraction of sp³-hybridized carbons (Fsp3) is 0.538. The van der Waals surface area contributed by atoms with Gasteiger partial charge in [-0.1, -0.05) is 26.0 Å². The van der Waals surface area contributed by atoms with E-state index in [0.29, 0.717) is 5.56 Å². The van der Waals surface area contributed by atoms with Crippen LogP contribution in [0.5, 0.6) is 0 Å². The number of hydrogen-bond acceptors (Lipinski definition) is 3. The molecule has 1 rings (SSSR count). The third kappa shape index (κ3) is 5.67. The molecule has 1 aromatic rings. The van der Waals surface area contributed by atoms with Gasteiger partial charge < -0.3 is 4.74 Å². The van der Waals surface area contributed by atoms with Crippen molar-refractivity contribution in [2.75, 3.05) is 19.4 Å². The van der Waals surface area contributed by atoms with E-state index in [-0.39, 0.29) is 24.0 Å². The number of hydrogen-bond donors (Lipinski definition) is 1. The zero-order valence-corrected chi connectivity index (χ0v) is 12.2. The molecule has 1 atom stereocenters. The Morgan fingerprint density at radius 1 is 1.37 bits per heavy atom. The second-order valence-corrected chi connectivity index (χ2v) is 6.65. The number of sulfonamides is 1. The van der Waals surface area contributed by atoms with Gasteiger partial charge in [-0.2, -0.15) is 0 Å². The summed E-state index contributed by atoms with van der Waals surface area (Å²) in [6, 6.07) is 5.94. The fourth-order valence-electron chi connectivity index (χ4n) is 1.74. The van der Waals surface area contributed by atoms with Gasteiger partial charge in [0, 0.05) is 13.7 Å². The van der Waals surface area contributed by atoms with Crippen LogP contribution in [0.15, 0.2) is 24.3 Å². The lowest BCUT2D eigenvalue weighted by Gasteiger charge is -2.17. The molecule has 0 aliphatic rings. The summed E-state index contributed by atoms with van der Waals surface area (Å²) in [7, 11) is -1.86. The minimum Gasteiger partial charge on any atom is -0.375 e. The van der Waals surface area contributed by atoms with Crippen molar-refractivity contribution >= 4 is 10.0 Å². The van der Waals surface area contributed by atoms with Crippen molar-refractivity contribution in [2.45, 2.75) is 20.0 Å². The molecular weight excluding hydrogens is 269 g/mol. The molecule has 0 aromatic heterocycles. The van der Waals surface area contributed by atoms with E-state index in [1.807, 2.05) is 13.8 Å². The lowest BCUT2D eigenvalue weighted by molar-refractivity contribution is 0.107. The van der Waals surface area contributed by atoms with Crippen LogP contribution >= 0.6 is 0 Å². The summed E-state index contributed by atoms with van der Waals surface area (Å²) in [6.07, 6.45) is -0.502. The van der Waals surface area contributed by atoms with Crippen LogP contribution in [0, 0.1) is 11.7 Å². The molecule has 0 aliphatic heterocycles. The maximum Gasteiger partial charge on any atom is 0.211 e. The summed E-state index contributed by atoms with van der Waals surface area (Å²) in [4.78, 5) is 0. The van der Waals surface area contributed by atoms with E-state index >= 15 is 0 Å². The molecule has 0 aliphatic carbocycles. The van der Waals surface area contributed by atoms with Crippen molar-refractivity contribution in [3.63, 3.8) is 0 Å². The summed E-state index contributed by atoms with van der Waals surface area (Å²) in [5.41, 5.74) is 0.606. The number of ether oxygens (including phenoxy) is 1. The van der Waals surface area contributed by atoms with Crippen molar-refractivity contribution in [2.24, 2.45) is 5.92 Å². The highest BCUT2D eigenvalue weighted by molar-refractivity contribution is 7.89. The van der Waals surface area contributed by atoms with Gasteiger partial charge in [-0.25, -0.2) is 17.5 Å². The quantitative estimate of drug-likeness (QED) is 0.836. The summed E-state index contributed by atoms with van der Waals surface area (Å²) >= 11 is 0. The van der Waals surface area contributed by atoms with E-state index < -0.39 is 16.1 Å². The third-order valence-electron chi connectivity index (χ3n) is 2.55. The summed E-state index contributed by atoms with van der Waals surface area (Å²) in [6.45, 7) is 3.76. The average Bonchev–Trinajstić information content (AvgIpc) is 2.28. The van der Waals surface area contributed by atoms with Gasteiger partial charge in [0.05, 0.1) is 11.9 Å². The lowest BCUT2D eigenvalue weighted by atomic mass is 10.1. The van der Waals surface area contributed by atoms with E-state index in [0.717, 1.165) is 0 Å².